The summed E-state index contributed by atoms with van der Waals surface area (Å²) in [6, 6.07) is 9.48. The Kier molecular flexibility index (Phi) is 4.69. The number of fused-ring (bicyclic) bond motifs is 2. The molecule has 0 N–H and O–H groups in total. The van der Waals surface area contributed by atoms with Gasteiger partial charge in [-0.3, -0.25) is 9.69 Å². The molecule has 1 unspecified atom stereocenters. The van der Waals surface area contributed by atoms with E-state index in [-0.39, 0.29) is 35.0 Å². The standard InChI is InChI=1S/C18H20N4O2.BrH/c1-12(2)22-17(23)16-8-15-14(10-21(16)18(22)24)19-11-20(15)9-13-6-4-3-5-7-13;/h3-7,11-12,16H,8-10H2,1-2H3;1H. The van der Waals surface area contributed by atoms with Gasteiger partial charge in [-0.15, -0.1) is 17.0 Å². The summed E-state index contributed by atoms with van der Waals surface area (Å²) in [4.78, 5) is 32.6. The summed E-state index contributed by atoms with van der Waals surface area (Å²) in [6.07, 6.45) is 2.35. The Hall–Kier alpha value is -2.15. The molecule has 3 amide bonds. The minimum atomic E-state index is -0.390. The summed E-state index contributed by atoms with van der Waals surface area (Å²) in [5, 5.41) is 0. The highest BCUT2D eigenvalue weighted by Gasteiger charge is 2.49. The van der Waals surface area contributed by atoms with Crippen LogP contribution in [0.15, 0.2) is 36.7 Å². The third-order valence-corrected chi connectivity index (χ3v) is 4.80. The largest absolute Gasteiger partial charge is 0.330 e. The second-order valence-corrected chi connectivity index (χ2v) is 6.68. The normalized spacial score (nSPS) is 19.1. The summed E-state index contributed by atoms with van der Waals surface area (Å²) in [6.45, 7) is 4.88. The topological polar surface area (TPSA) is 58.4 Å². The molecule has 0 bridgehead atoms. The van der Waals surface area contributed by atoms with Gasteiger partial charge in [-0.05, 0) is 19.4 Å². The van der Waals surface area contributed by atoms with Crippen molar-refractivity contribution >= 4 is 28.9 Å². The Balaban J connectivity index is 0.00000182. The van der Waals surface area contributed by atoms with Crippen LogP contribution in [0.5, 0.6) is 0 Å². The Morgan fingerprint density at radius 2 is 1.92 bits per heavy atom. The van der Waals surface area contributed by atoms with Gasteiger partial charge in [0.25, 0.3) is 5.91 Å². The van der Waals surface area contributed by atoms with E-state index < -0.39 is 6.04 Å². The van der Waals surface area contributed by atoms with Crippen molar-refractivity contribution in [1.82, 2.24) is 19.4 Å². The molecule has 0 spiro atoms. The predicted octanol–water partition coefficient (Wildman–Crippen LogP) is 2.61. The van der Waals surface area contributed by atoms with E-state index >= 15 is 0 Å². The van der Waals surface area contributed by atoms with Crippen LogP contribution in [0.3, 0.4) is 0 Å². The van der Waals surface area contributed by atoms with Gasteiger partial charge in [0, 0.05) is 24.7 Å². The van der Waals surface area contributed by atoms with Crippen molar-refractivity contribution in [3.05, 3.63) is 53.6 Å². The number of hydrogen-bond acceptors (Lipinski definition) is 3. The number of urea groups is 1. The van der Waals surface area contributed by atoms with E-state index in [0.29, 0.717) is 13.0 Å². The maximum Gasteiger partial charge on any atom is 0.328 e. The molecule has 0 radical (unpaired) electrons. The average Bonchev–Trinajstić information content (AvgIpc) is 3.06. The number of nitrogens with zero attached hydrogens (tertiary/aromatic N) is 4. The van der Waals surface area contributed by atoms with Crippen LogP contribution < -0.4 is 0 Å². The van der Waals surface area contributed by atoms with Gasteiger partial charge in [-0.25, -0.2) is 9.78 Å². The van der Waals surface area contributed by atoms with Crippen LogP contribution in [0.2, 0.25) is 0 Å². The van der Waals surface area contributed by atoms with Crippen LogP contribution in [-0.2, 0) is 24.3 Å². The fraction of sp³-hybridized carbons (Fsp3) is 0.389. The van der Waals surface area contributed by atoms with Gasteiger partial charge in [-0.1, -0.05) is 30.3 Å². The number of rotatable bonds is 3. The lowest BCUT2D eigenvalue weighted by atomic mass is 10.0. The molecule has 4 rings (SSSR count). The molecule has 132 valence electrons. The first kappa shape index (κ1) is 17.7. The number of amides is 3. The first-order valence-corrected chi connectivity index (χ1v) is 8.26. The number of aromatic nitrogens is 2. The maximum atomic E-state index is 12.6. The number of carbonyl (C=O) groups is 2. The number of imide groups is 1. The van der Waals surface area contributed by atoms with Crippen molar-refractivity contribution in [1.29, 1.82) is 0 Å². The number of carbonyl (C=O) groups excluding carboxylic acids is 2. The van der Waals surface area contributed by atoms with E-state index in [1.807, 2.05) is 38.4 Å². The molecule has 1 aromatic heterocycles. The molecule has 2 aliphatic heterocycles. The smallest absolute Gasteiger partial charge is 0.328 e. The molecule has 3 heterocycles. The van der Waals surface area contributed by atoms with Crippen LogP contribution in [0.4, 0.5) is 4.79 Å². The minimum absolute atomic E-state index is 0. The van der Waals surface area contributed by atoms with E-state index in [9.17, 15) is 9.59 Å². The van der Waals surface area contributed by atoms with E-state index in [2.05, 4.69) is 21.7 Å². The summed E-state index contributed by atoms with van der Waals surface area (Å²) in [5.74, 6) is -0.0897. The highest BCUT2D eigenvalue weighted by molar-refractivity contribution is 8.93. The minimum Gasteiger partial charge on any atom is -0.330 e. The second kappa shape index (κ2) is 6.63. The lowest BCUT2D eigenvalue weighted by molar-refractivity contribution is -0.129. The third-order valence-electron chi connectivity index (χ3n) is 4.80. The zero-order chi connectivity index (χ0) is 16.8. The van der Waals surface area contributed by atoms with Crippen LogP contribution in [0.1, 0.15) is 30.8 Å². The molecule has 0 aliphatic carbocycles. The van der Waals surface area contributed by atoms with Gasteiger partial charge in [0.05, 0.1) is 18.6 Å². The van der Waals surface area contributed by atoms with Crippen molar-refractivity contribution in [2.75, 3.05) is 0 Å². The molecular weight excluding hydrogens is 384 g/mol. The third kappa shape index (κ3) is 2.86. The molecule has 1 fully saturated rings. The Morgan fingerprint density at radius 1 is 1.20 bits per heavy atom. The molecule has 0 saturated carbocycles. The lowest BCUT2D eigenvalue weighted by Crippen LogP contribution is -2.40. The van der Waals surface area contributed by atoms with E-state index in [4.69, 9.17) is 0 Å². The molecule has 6 nitrogen and oxygen atoms in total. The van der Waals surface area contributed by atoms with Crippen LogP contribution in [0, 0.1) is 0 Å². The molecule has 2 aliphatic rings. The molecule has 25 heavy (non-hydrogen) atoms. The summed E-state index contributed by atoms with van der Waals surface area (Å²) < 4.78 is 2.10. The van der Waals surface area contributed by atoms with Crippen molar-refractivity contribution in [3.63, 3.8) is 0 Å². The zero-order valence-corrected chi connectivity index (χ0v) is 16.0. The highest BCUT2D eigenvalue weighted by atomic mass is 79.9. The first-order valence-electron chi connectivity index (χ1n) is 8.26. The van der Waals surface area contributed by atoms with Gasteiger partial charge in [0.15, 0.2) is 0 Å². The molecule has 1 saturated heterocycles. The van der Waals surface area contributed by atoms with Crippen molar-refractivity contribution in [2.24, 2.45) is 0 Å². The lowest BCUT2D eigenvalue weighted by Gasteiger charge is -2.27. The predicted molar refractivity (Wildman–Crippen MR) is 98.5 cm³/mol. The Morgan fingerprint density at radius 3 is 2.60 bits per heavy atom. The number of hydrogen-bond donors (Lipinski definition) is 0. The summed E-state index contributed by atoms with van der Waals surface area (Å²) >= 11 is 0. The van der Waals surface area contributed by atoms with Gasteiger partial charge >= 0.3 is 6.03 Å². The number of imidazole rings is 1. The SMILES string of the molecule is Br.CC(C)N1C(=O)C2Cc3c(ncn3Cc3ccccc3)CN2C1=O. The van der Waals surface area contributed by atoms with Crippen molar-refractivity contribution in [3.8, 4) is 0 Å². The van der Waals surface area contributed by atoms with Crippen LogP contribution >= 0.6 is 17.0 Å². The molecule has 7 heteroatoms. The first-order chi connectivity index (χ1) is 11.6. The van der Waals surface area contributed by atoms with Crippen LogP contribution in [0.25, 0.3) is 0 Å². The Labute approximate surface area is 157 Å². The second-order valence-electron chi connectivity index (χ2n) is 6.68. The average molecular weight is 405 g/mol. The zero-order valence-electron chi connectivity index (χ0n) is 14.3. The number of benzene rings is 1. The number of halogens is 1. The Bertz CT molecular complexity index is 803. The van der Waals surface area contributed by atoms with E-state index in [0.717, 1.165) is 17.9 Å². The van der Waals surface area contributed by atoms with Gasteiger partial charge < -0.3 is 9.47 Å². The summed E-state index contributed by atoms with van der Waals surface area (Å²) in [5.41, 5.74) is 3.15. The van der Waals surface area contributed by atoms with E-state index in [1.165, 1.54) is 10.5 Å². The van der Waals surface area contributed by atoms with Crippen LogP contribution in [-0.4, -0.2) is 43.4 Å². The summed E-state index contributed by atoms with van der Waals surface area (Å²) in [7, 11) is 0. The maximum absolute atomic E-state index is 12.6. The quantitative estimate of drug-likeness (QED) is 0.738. The molecule has 1 aromatic carbocycles. The highest BCUT2D eigenvalue weighted by Crippen LogP contribution is 2.30. The molecule has 1 atom stereocenters. The fourth-order valence-electron chi connectivity index (χ4n) is 3.59. The van der Waals surface area contributed by atoms with Gasteiger partial charge in [0.1, 0.15) is 6.04 Å². The molecular formula is C18H21BrN4O2. The van der Waals surface area contributed by atoms with Gasteiger partial charge in [-0.2, -0.15) is 0 Å². The van der Waals surface area contributed by atoms with E-state index in [1.54, 1.807) is 4.90 Å². The molecule has 2 aromatic rings. The fourth-order valence-corrected chi connectivity index (χ4v) is 3.59. The van der Waals surface area contributed by atoms with Gasteiger partial charge in [0.2, 0.25) is 0 Å². The van der Waals surface area contributed by atoms with Crippen molar-refractivity contribution in [2.45, 2.75) is 45.4 Å². The monoisotopic (exact) mass is 404 g/mol. The van der Waals surface area contributed by atoms with Crippen molar-refractivity contribution < 1.29 is 9.59 Å².